The van der Waals surface area contributed by atoms with E-state index in [4.69, 9.17) is 34.2 Å². The highest BCUT2D eigenvalue weighted by molar-refractivity contribution is 7.99. The van der Waals surface area contributed by atoms with Crippen LogP contribution in [0.2, 0.25) is 0 Å². The lowest BCUT2D eigenvalue weighted by Crippen LogP contribution is -2.66. The predicted molar refractivity (Wildman–Crippen MR) is 212 cm³/mol. The number of phenolic OH excluding ortho intramolecular Hbond substituents is 1. The third-order valence-corrected chi connectivity index (χ3v) is 14.9. The van der Waals surface area contributed by atoms with Gasteiger partial charge in [-0.05, 0) is 61.6 Å². The molecule has 1 spiro atoms. The van der Waals surface area contributed by atoms with Gasteiger partial charge in [-0.2, -0.15) is 0 Å². The van der Waals surface area contributed by atoms with Gasteiger partial charge in [0.2, 0.25) is 12.7 Å². The Labute approximate surface area is 339 Å². The highest BCUT2D eigenvalue weighted by atomic mass is 32.2. The van der Waals surface area contributed by atoms with Crippen LogP contribution in [-0.4, -0.2) is 103 Å². The van der Waals surface area contributed by atoms with E-state index in [-0.39, 0.29) is 55.4 Å². The second kappa shape index (κ2) is 13.0. The quantitative estimate of drug-likeness (QED) is 0.167. The number of benzene rings is 3. The molecule has 5 bridgehead atoms. The number of anilines is 1. The van der Waals surface area contributed by atoms with Crippen LogP contribution in [-0.2, 0) is 31.1 Å². The standard InChI is InChI=1S/C42H45N5O10S/c1-18-9-22-24-13-46-15-41(24,4)47-26-14-54-40(51)42(23-11-27(52-5)25(45-28(49)12-43)10-21(23)7-8-44-42)16-58-39(33(47)32(46)29(22)34(50)35(18)53-6)31-30(26)38-37(55-17-56-38)19(2)36(31)57-20(3)48/h9-11,13,24,26,32-33,39,44H,7-8,12,14-17,43H2,1-6H3,(H-,45,49,50)/p+1/t24?,26-,32+,33+,39+,41-,42+/m0/s1. The Balaban J connectivity index is 1.22. The normalized spacial score (nSPS) is 29.5. The highest BCUT2D eigenvalue weighted by Crippen LogP contribution is 2.68. The zero-order valence-corrected chi connectivity index (χ0v) is 34.0. The van der Waals surface area contributed by atoms with Gasteiger partial charge >= 0.3 is 11.9 Å². The van der Waals surface area contributed by atoms with Crippen molar-refractivity contribution in [3.05, 3.63) is 62.7 Å². The van der Waals surface area contributed by atoms with Crippen LogP contribution < -0.4 is 40.1 Å². The molecule has 11 rings (SSSR count). The maximum atomic E-state index is 15.0. The van der Waals surface area contributed by atoms with E-state index < -0.39 is 34.3 Å². The molecular formula is C42H46N5O10S+. The number of aromatic hydroxyl groups is 1. The SMILES string of the molecule is COc1cc2c(cc1NC(=O)CN)CCN[C@]21CS[C@@H]2c3c(OC(C)=O)c(C)c4c(c3[C@H](COC1=O)N1[C@@H]2[C@H]2c3c(cc(C)c(OC)c3O)C3C=[N+]2C[C@@]31C)OCO4. The fourth-order valence-corrected chi connectivity index (χ4v) is 12.9. The Morgan fingerprint density at radius 3 is 2.64 bits per heavy atom. The lowest BCUT2D eigenvalue weighted by molar-refractivity contribution is -0.595. The number of nitrogens with two attached hydrogens (primary N) is 1. The second-order valence-electron chi connectivity index (χ2n) is 16.4. The van der Waals surface area contributed by atoms with Gasteiger partial charge < -0.3 is 44.6 Å². The molecule has 2 saturated heterocycles. The molecule has 7 atom stereocenters. The van der Waals surface area contributed by atoms with E-state index >= 15 is 4.79 Å². The fraction of sp³-hybridized carbons (Fsp3) is 0.476. The van der Waals surface area contributed by atoms with Crippen molar-refractivity contribution >= 4 is 41.5 Å². The Morgan fingerprint density at radius 2 is 1.90 bits per heavy atom. The van der Waals surface area contributed by atoms with Gasteiger partial charge in [-0.15, -0.1) is 11.8 Å². The molecule has 304 valence electrons. The number of methoxy groups -OCH3 is 2. The Morgan fingerprint density at radius 1 is 1.10 bits per heavy atom. The third-order valence-electron chi connectivity index (χ3n) is 13.4. The number of hydrogen-bond donors (Lipinski definition) is 4. The zero-order valence-electron chi connectivity index (χ0n) is 33.1. The highest BCUT2D eigenvalue weighted by Gasteiger charge is 2.71. The number of nitrogens with one attached hydrogen (secondary N) is 2. The summed E-state index contributed by atoms with van der Waals surface area (Å²) in [5.41, 5.74) is 10.7. The Kier molecular flexibility index (Phi) is 8.34. The average Bonchev–Trinajstić information content (AvgIpc) is 3.77. The number of rotatable bonds is 5. The van der Waals surface area contributed by atoms with Crippen LogP contribution in [0.4, 0.5) is 5.69 Å². The van der Waals surface area contributed by atoms with E-state index in [1.807, 2.05) is 19.9 Å². The van der Waals surface area contributed by atoms with Crippen LogP contribution in [0.1, 0.15) is 81.6 Å². The number of fused-ring (bicyclic) bond motifs is 11. The number of piperazine rings is 1. The van der Waals surface area contributed by atoms with Crippen LogP contribution in [0, 0.1) is 13.8 Å². The number of carbonyl (C=O) groups excluding carboxylic acids is 3. The summed E-state index contributed by atoms with van der Waals surface area (Å²) >= 11 is 1.57. The number of ether oxygens (including phenoxy) is 6. The van der Waals surface area contributed by atoms with Crippen molar-refractivity contribution in [1.82, 2.24) is 10.2 Å². The zero-order chi connectivity index (χ0) is 40.6. The summed E-state index contributed by atoms with van der Waals surface area (Å²) in [5, 5.41) is 18.1. The molecule has 1 amide bonds. The van der Waals surface area contributed by atoms with Gasteiger partial charge in [0.1, 0.15) is 24.3 Å². The number of hydrogen-bond acceptors (Lipinski definition) is 14. The van der Waals surface area contributed by atoms with E-state index in [0.29, 0.717) is 65.1 Å². The summed E-state index contributed by atoms with van der Waals surface area (Å²) in [6.45, 7) is 8.32. The average molecular weight is 813 g/mol. The van der Waals surface area contributed by atoms with Crippen LogP contribution >= 0.6 is 11.8 Å². The van der Waals surface area contributed by atoms with Gasteiger partial charge in [0.15, 0.2) is 41.1 Å². The molecule has 0 radical (unpaired) electrons. The molecule has 8 aliphatic heterocycles. The molecule has 8 aliphatic rings. The van der Waals surface area contributed by atoms with Crippen LogP contribution in [0.25, 0.3) is 0 Å². The first-order valence-corrected chi connectivity index (χ1v) is 20.6. The van der Waals surface area contributed by atoms with Crippen LogP contribution in [0.5, 0.6) is 34.5 Å². The molecule has 8 heterocycles. The molecule has 1 unspecified atom stereocenters. The number of thioether (sulfide) groups is 1. The van der Waals surface area contributed by atoms with Gasteiger partial charge in [0.05, 0.1) is 60.8 Å². The summed E-state index contributed by atoms with van der Waals surface area (Å²) in [5.74, 6) is 1.18. The molecule has 2 fully saturated rings. The molecule has 0 saturated carbocycles. The molecule has 0 aliphatic carbocycles. The number of aryl methyl sites for hydroxylation is 1. The number of nitrogens with zero attached hydrogens (tertiary/aromatic N) is 2. The van der Waals surface area contributed by atoms with Gasteiger partial charge in [-0.3, -0.25) is 19.8 Å². The van der Waals surface area contributed by atoms with Crippen molar-refractivity contribution in [2.24, 2.45) is 5.73 Å². The van der Waals surface area contributed by atoms with Gasteiger partial charge in [0.25, 0.3) is 0 Å². The first-order chi connectivity index (χ1) is 27.9. The van der Waals surface area contributed by atoms with Crippen LogP contribution in [0.15, 0.2) is 18.2 Å². The summed E-state index contributed by atoms with van der Waals surface area (Å²) in [6.07, 6.45) is 2.88. The summed E-state index contributed by atoms with van der Waals surface area (Å²) in [7, 11) is 3.09. The number of amides is 1. The predicted octanol–water partition coefficient (Wildman–Crippen LogP) is 3.38. The minimum atomic E-state index is -1.33. The molecule has 16 heteroatoms. The lowest BCUT2D eigenvalue weighted by Gasteiger charge is -2.56. The van der Waals surface area contributed by atoms with Crippen molar-refractivity contribution < 1.29 is 52.5 Å². The topological polar surface area (TPSA) is 183 Å². The van der Waals surface area contributed by atoms with E-state index in [0.717, 1.165) is 33.4 Å². The minimum absolute atomic E-state index is 0.0122. The monoisotopic (exact) mass is 812 g/mol. The lowest BCUT2D eigenvalue weighted by atomic mass is 9.76. The van der Waals surface area contributed by atoms with E-state index in [1.165, 1.54) is 14.0 Å². The number of carbonyl (C=O) groups is 3. The van der Waals surface area contributed by atoms with Crippen molar-refractivity contribution in [2.75, 3.05) is 58.3 Å². The van der Waals surface area contributed by atoms with Crippen molar-refractivity contribution in [3.63, 3.8) is 0 Å². The first-order valence-electron chi connectivity index (χ1n) is 19.6. The second-order valence-corrected chi connectivity index (χ2v) is 17.5. The molecule has 3 aromatic rings. The van der Waals surface area contributed by atoms with Gasteiger partial charge in [-0.25, -0.2) is 9.37 Å². The van der Waals surface area contributed by atoms with Crippen molar-refractivity contribution in [2.45, 2.75) is 74.5 Å². The first kappa shape index (κ1) is 37.3. The molecule has 58 heavy (non-hydrogen) atoms. The minimum Gasteiger partial charge on any atom is -0.504 e. The van der Waals surface area contributed by atoms with Gasteiger partial charge in [-0.1, -0.05) is 6.07 Å². The van der Waals surface area contributed by atoms with E-state index in [1.54, 1.807) is 24.9 Å². The van der Waals surface area contributed by atoms with Crippen LogP contribution in [0.3, 0.4) is 0 Å². The maximum absolute atomic E-state index is 15.0. The van der Waals surface area contributed by atoms with E-state index in [2.05, 4.69) is 39.3 Å². The number of phenols is 1. The maximum Gasteiger partial charge on any atom is 0.331 e. The van der Waals surface area contributed by atoms with Crippen molar-refractivity contribution in [1.29, 1.82) is 0 Å². The molecule has 0 aromatic heterocycles. The summed E-state index contributed by atoms with van der Waals surface area (Å²) in [6, 6.07) is 4.53. The molecule has 15 nitrogen and oxygen atoms in total. The van der Waals surface area contributed by atoms with Gasteiger partial charge in [0, 0.05) is 35.9 Å². The Bertz CT molecular complexity index is 2400. The summed E-state index contributed by atoms with van der Waals surface area (Å²) < 4.78 is 39.2. The third kappa shape index (κ3) is 4.85. The summed E-state index contributed by atoms with van der Waals surface area (Å²) in [4.78, 5) is 42.9. The molecular weight excluding hydrogens is 767 g/mol. The fourth-order valence-electron chi connectivity index (χ4n) is 11.2. The molecule has 3 aromatic carbocycles. The Hall–Kier alpha value is -5.03. The molecule has 5 N–H and O–H groups in total. The largest absolute Gasteiger partial charge is 0.504 e. The smallest absolute Gasteiger partial charge is 0.331 e. The van der Waals surface area contributed by atoms with E-state index in [9.17, 15) is 14.7 Å². The van der Waals surface area contributed by atoms with Crippen molar-refractivity contribution in [3.8, 4) is 34.5 Å². The number of esters is 2.